The van der Waals surface area contributed by atoms with Crippen molar-refractivity contribution in [3.05, 3.63) is 29.3 Å². The highest BCUT2D eigenvalue weighted by Gasteiger charge is 2.22. The number of carbonyl (C=O) groups is 2. The molecule has 0 bridgehead atoms. The maximum atomic E-state index is 11.6. The van der Waals surface area contributed by atoms with Crippen molar-refractivity contribution in [2.24, 2.45) is 0 Å². The summed E-state index contributed by atoms with van der Waals surface area (Å²) in [7, 11) is 1.59. The minimum atomic E-state index is -0.940. The molecule has 1 heterocycles. The van der Waals surface area contributed by atoms with Gasteiger partial charge in [0.05, 0.1) is 5.56 Å². The van der Waals surface area contributed by atoms with E-state index in [1.165, 1.54) is 6.07 Å². The molecule has 1 aliphatic heterocycles. The molecule has 0 atom stereocenters. The molecule has 2 rings (SSSR count). The SMILES string of the molecule is CNC(=O)N1CCCc2cc(C(=O)O)ccc21. The molecule has 0 unspecified atom stereocenters. The Hall–Kier alpha value is -2.04. The number of aromatic carboxylic acids is 1. The minimum Gasteiger partial charge on any atom is -0.478 e. The molecule has 5 heteroatoms. The number of urea groups is 1. The average Bonchev–Trinajstić information content (AvgIpc) is 2.36. The molecule has 2 N–H and O–H groups in total. The molecule has 0 aliphatic carbocycles. The maximum absolute atomic E-state index is 11.6. The summed E-state index contributed by atoms with van der Waals surface area (Å²) in [6, 6.07) is 4.72. The molecule has 0 saturated heterocycles. The Kier molecular flexibility index (Phi) is 2.99. The summed E-state index contributed by atoms with van der Waals surface area (Å²) < 4.78 is 0. The molecule has 1 aromatic rings. The summed E-state index contributed by atoms with van der Waals surface area (Å²) in [6.45, 7) is 0.666. The first kappa shape index (κ1) is 11.4. The molecular weight excluding hydrogens is 220 g/mol. The number of fused-ring (bicyclic) bond motifs is 1. The first-order chi connectivity index (χ1) is 8.13. The summed E-state index contributed by atoms with van der Waals surface area (Å²) in [5, 5.41) is 11.5. The lowest BCUT2D eigenvalue weighted by molar-refractivity contribution is 0.0697. The first-order valence-corrected chi connectivity index (χ1v) is 5.49. The number of nitrogens with zero attached hydrogens (tertiary/aromatic N) is 1. The third kappa shape index (κ3) is 2.08. The summed E-state index contributed by atoms with van der Waals surface area (Å²) in [4.78, 5) is 24.2. The zero-order valence-electron chi connectivity index (χ0n) is 9.56. The number of carboxylic acid groups (broad SMARTS) is 1. The lowest BCUT2D eigenvalue weighted by Crippen LogP contribution is -2.41. The molecule has 0 fully saturated rings. The number of amides is 2. The van der Waals surface area contributed by atoms with E-state index in [9.17, 15) is 9.59 Å². The van der Waals surface area contributed by atoms with Gasteiger partial charge in [0.2, 0.25) is 0 Å². The van der Waals surface area contributed by atoms with Crippen LogP contribution >= 0.6 is 0 Å². The van der Waals surface area contributed by atoms with Crippen molar-refractivity contribution in [2.45, 2.75) is 12.8 Å². The highest BCUT2D eigenvalue weighted by atomic mass is 16.4. The Balaban J connectivity index is 2.40. The van der Waals surface area contributed by atoms with Gasteiger partial charge in [-0.1, -0.05) is 0 Å². The first-order valence-electron chi connectivity index (χ1n) is 5.49. The summed E-state index contributed by atoms with van der Waals surface area (Å²) in [5.74, 6) is -0.940. The van der Waals surface area contributed by atoms with Crippen molar-refractivity contribution >= 4 is 17.7 Å². The van der Waals surface area contributed by atoms with Gasteiger partial charge in [0.1, 0.15) is 0 Å². The third-order valence-electron chi connectivity index (χ3n) is 2.90. The van der Waals surface area contributed by atoms with Crippen molar-refractivity contribution in [3.63, 3.8) is 0 Å². The molecule has 0 spiro atoms. The monoisotopic (exact) mass is 234 g/mol. The molecule has 2 amide bonds. The number of carbonyl (C=O) groups excluding carboxylic acids is 1. The number of nitrogens with one attached hydrogen (secondary N) is 1. The number of benzene rings is 1. The molecule has 1 aliphatic rings. The van der Waals surface area contributed by atoms with Crippen LogP contribution in [-0.2, 0) is 6.42 Å². The van der Waals surface area contributed by atoms with E-state index in [0.717, 1.165) is 24.1 Å². The fourth-order valence-electron chi connectivity index (χ4n) is 2.08. The number of hydrogen-bond acceptors (Lipinski definition) is 2. The molecular formula is C12H14N2O3. The maximum Gasteiger partial charge on any atom is 0.335 e. The average molecular weight is 234 g/mol. The molecule has 90 valence electrons. The van der Waals surface area contributed by atoms with E-state index in [4.69, 9.17) is 5.11 Å². The van der Waals surface area contributed by atoms with Gasteiger partial charge in [0, 0.05) is 19.3 Å². The highest BCUT2D eigenvalue weighted by Crippen LogP contribution is 2.28. The van der Waals surface area contributed by atoms with Gasteiger partial charge in [-0.2, -0.15) is 0 Å². The number of aryl methyl sites for hydroxylation is 1. The second kappa shape index (κ2) is 4.45. The Morgan fingerprint density at radius 2 is 2.18 bits per heavy atom. The minimum absolute atomic E-state index is 0.158. The van der Waals surface area contributed by atoms with Crippen LogP contribution in [0, 0.1) is 0 Å². The van der Waals surface area contributed by atoms with Crippen molar-refractivity contribution in [1.82, 2.24) is 5.32 Å². The van der Waals surface area contributed by atoms with Crippen LogP contribution in [0.5, 0.6) is 0 Å². The zero-order valence-corrected chi connectivity index (χ0v) is 9.56. The topological polar surface area (TPSA) is 69.6 Å². The van der Waals surface area contributed by atoms with E-state index in [1.807, 2.05) is 0 Å². The molecule has 17 heavy (non-hydrogen) atoms. The van der Waals surface area contributed by atoms with Gasteiger partial charge in [-0.05, 0) is 36.6 Å². The van der Waals surface area contributed by atoms with Crippen LogP contribution in [0.25, 0.3) is 0 Å². The highest BCUT2D eigenvalue weighted by molar-refractivity contribution is 5.94. The van der Waals surface area contributed by atoms with Gasteiger partial charge < -0.3 is 10.4 Å². The second-order valence-corrected chi connectivity index (χ2v) is 3.96. The van der Waals surface area contributed by atoms with E-state index < -0.39 is 5.97 Å². The molecule has 0 saturated carbocycles. The Bertz CT molecular complexity index is 471. The van der Waals surface area contributed by atoms with Crippen molar-refractivity contribution in [2.75, 3.05) is 18.5 Å². The van der Waals surface area contributed by atoms with Crippen molar-refractivity contribution in [1.29, 1.82) is 0 Å². The van der Waals surface area contributed by atoms with Crippen LogP contribution in [0.15, 0.2) is 18.2 Å². The van der Waals surface area contributed by atoms with Crippen LogP contribution in [0.2, 0.25) is 0 Å². The smallest absolute Gasteiger partial charge is 0.335 e. The Labute approximate surface area is 99.0 Å². The number of anilines is 1. The van der Waals surface area contributed by atoms with Crippen LogP contribution in [-0.4, -0.2) is 30.7 Å². The predicted octanol–water partition coefficient (Wildman–Crippen LogP) is 1.48. The standard InChI is InChI=1S/C12H14N2O3/c1-13-12(17)14-6-2-3-8-7-9(11(15)16)4-5-10(8)14/h4-5,7H,2-3,6H2,1H3,(H,13,17)(H,15,16). The van der Waals surface area contributed by atoms with E-state index >= 15 is 0 Å². The van der Waals surface area contributed by atoms with Gasteiger partial charge >= 0.3 is 12.0 Å². The van der Waals surface area contributed by atoms with E-state index in [-0.39, 0.29) is 11.6 Å². The third-order valence-corrected chi connectivity index (χ3v) is 2.90. The van der Waals surface area contributed by atoms with Gasteiger partial charge in [0.25, 0.3) is 0 Å². The summed E-state index contributed by atoms with van der Waals surface area (Å²) in [5.41, 5.74) is 1.99. The van der Waals surface area contributed by atoms with Crippen LogP contribution in [0.1, 0.15) is 22.3 Å². The molecule has 5 nitrogen and oxygen atoms in total. The zero-order chi connectivity index (χ0) is 12.4. The van der Waals surface area contributed by atoms with Crippen LogP contribution < -0.4 is 10.2 Å². The predicted molar refractivity (Wildman–Crippen MR) is 63.5 cm³/mol. The van der Waals surface area contributed by atoms with Gasteiger partial charge in [-0.15, -0.1) is 0 Å². The fraction of sp³-hybridized carbons (Fsp3) is 0.333. The lowest BCUT2D eigenvalue weighted by Gasteiger charge is -2.29. The molecule has 0 aromatic heterocycles. The summed E-state index contributed by atoms with van der Waals surface area (Å²) in [6.07, 6.45) is 1.66. The van der Waals surface area contributed by atoms with Crippen LogP contribution in [0.4, 0.5) is 10.5 Å². The molecule has 1 aromatic carbocycles. The number of carboxylic acids is 1. The Morgan fingerprint density at radius 1 is 1.41 bits per heavy atom. The normalized spacial score (nSPS) is 14.1. The van der Waals surface area contributed by atoms with Gasteiger partial charge in [0.15, 0.2) is 0 Å². The Morgan fingerprint density at radius 3 is 2.82 bits per heavy atom. The molecule has 0 radical (unpaired) electrons. The van der Waals surface area contributed by atoms with Gasteiger partial charge in [-0.3, -0.25) is 4.90 Å². The van der Waals surface area contributed by atoms with E-state index in [2.05, 4.69) is 5.32 Å². The summed E-state index contributed by atoms with van der Waals surface area (Å²) >= 11 is 0. The van der Waals surface area contributed by atoms with Gasteiger partial charge in [-0.25, -0.2) is 9.59 Å². The quantitative estimate of drug-likeness (QED) is 0.773. The van der Waals surface area contributed by atoms with Crippen molar-refractivity contribution < 1.29 is 14.7 Å². The number of hydrogen-bond donors (Lipinski definition) is 2. The lowest BCUT2D eigenvalue weighted by atomic mass is 9.99. The largest absolute Gasteiger partial charge is 0.478 e. The number of rotatable bonds is 1. The van der Waals surface area contributed by atoms with Crippen molar-refractivity contribution in [3.8, 4) is 0 Å². The van der Waals surface area contributed by atoms with Crippen LogP contribution in [0.3, 0.4) is 0 Å². The van der Waals surface area contributed by atoms with E-state index in [0.29, 0.717) is 6.54 Å². The second-order valence-electron chi connectivity index (χ2n) is 3.96. The van der Waals surface area contributed by atoms with E-state index in [1.54, 1.807) is 24.1 Å². The fourth-order valence-corrected chi connectivity index (χ4v) is 2.08.